The first kappa shape index (κ1) is 19.3. The van der Waals surface area contributed by atoms with Crippen molar-refractivity contribution >= 4 is 17.5 Å². The number of nitrogens with one attached hydrogen (secondary N) is 2. The van der Waals surface area contributed by atoms with Gasteiger partial charge in [0, 0.05) is 17.3 Å². The van der Waals surface area contributed by atoms with Crippen LogP contribution in [0, 0.1) is 5.92 Å². The molecule has 26 heavy (non-hydrogen) atoms. The van der Waals surface area contributed by atoms with E-state index in [4.69, 9.17) is 9.47 Å². The number of ether oxygens (including phenoxy) is 2. The molecule has 138 valence electrons. The summed E-state index contributed by atoms with van der Waals surface area (Å²) in [4.78, 5) is 25.2. The summed E-state index contributed by atoms with van der Waals surface area (Å²) in [5.41, 5.74) is 1.04. The van der Waals surface area contributed by atoms with E-state index < -0.39 is 6.04 Å². The first-order valence-electron chi connectivity index (χ1n) is 8.34. The van der Waals surface area contributed by atoms with Gasteiger partial charge in [-0.05, 0) is 30.2 Å². The Kier molecular flexibility index (Phi) is 6.60. The summed E-state index contributed by atoms with van der Waals surface area (Å²) in [7, 11) is 3.03. The second-order valence-corrected chi connectivity index (χ2v) is 6.15. The van der Waals surface area contributed by atoms with Gasteiger partial charge in [0.1, 0.15) is 17.5 Å². The van der Waals surface area contributed by atoms with Crippen LogP contribution in [-0.2, 0) is 4.79 Å². The third-order valence-corrected chi connectivity index (χ3v) is 3.89. The summed E-state index contributed by atoms with van der Waals surface area (Å²) in [6, 6.07) is 13.3. The zero-order chi connectivity index (χ0) is 19.1. The minimum atomic E-state index is -0.681. The molecule has 6 nitrogen and oxygen atoms in total. The van der Waals surface area contributed by atoms with Crippen molar-refractivity contribution in [2.45, 2.75) is 19.9 Å². The van der Waals surface area contributed by atoms with E-state index in [1.807, 2.05) is 32.0 Å². The number of rotatable bonds is 7. The van der Waals surface area contributed by atoms with Crippen LogP contribution in [0.5, 0.6) is 11.5 Å². The summed E-state index contributed by atoms with van der Waals surface area (Å²) < 4.78 is 10.4. The summed E-state index contributed by atoms with van der Waals surface area (Å²) >= 11 is 0. The molecule has 0 saturated heterocycles. The Morgan fingerprint density at radius 2 is 1.50 bits per heavy atom. The van der Waals surface area contributed by atoms with Gasteiger partial charge < -0.3 is 20.1 Å². The number of methoxy groups -OCH3 is 2. The Morgan fingerprint density at radius 1 is 0.923 bits per heavy atom. The number of carbonyl (C=O) groups excluding carboxylic acids is 2. The van der Waals surface area contributed by atoms with E-state index in [1.54, 1.807) is 30.3 Å². The number of para-hydroxylation sites is 1. The van der Waals surface area contributed by atoms with Crippen LogP contribution in [0.15, 0.2) is 48.5 Å². The molecule has 6 heteroatoms. The molecule has 2 N–H and O–H groups in total. The SMILES string of the molecule is COc1cc(OC)cc(C(=O)NC(C(=O)Nc2ccccc2)C(C)C)c1. The lowest BCUT2D eigenvalue weighted by Crippen LogP contribution is -2.47. The van der Waals surface area contributed by atoms with Crippen molar-refractivity contribution in [3.63, 3.8) is 0 Å². The lowest BCUT2D eigenvalue weighted by molar-refractivity contribution is -0.118. The standard InChI is InChI=1S/C20H24N2O4/c1-13(2)18(20(24)21-15-8-6-5-7-9-15)22-19(23)14-10-16(25-3)12-17(11-14)26-4/h5-13,18H,1-4H3,(H,21,24)(H,22,23). The largest absolute Gasteiger partial charge is 0.497 e. The Hall–Kier alpha value is -3.02. The van der Waals surface area contributed by atoms with E-state index >= 15 is 0 Å². The highest BCUT2D eigenvalue weighted by Crippen LogP contribution is 2.22. The lowest BCUT2D eigenvalue weighted by atomic mass is 10.0. The molecule has 0 bridgehead atoms. The van der Waals surface area contributed by atoms with Crippen LogP contribution in [0.1, 0.15) is 24.2 Å². The Balaban J connectivity index is 2.16. The molecule has 0 saturated carbocycles. The summed E-state index contributed by atoms with van der Waals surface area (Å²) in [5.74, 6) is 0.280. The number of anilines is 1. The molecule has 0 radical (unpaired) electrons. The molecule has 0 aromatic heterocycles. The fourth-order valence-electron chi connectivity index (χ4n) is 2.44. The fraction of sp³-hybridized carbons (Fsp3) is 0.300. The van der Waals surface area contributed by atoms with Gasteiger partial charge in [-0.1, -0.05) is 32.0 Å². The van der Waals surface area contributed by atoms with Gasteiger partial charge in [0.2, 0.25) is 5.91 Å². The Morgan fingerprint density at radius 3 is 2.00 bits per heavy atom. The first-order chi connectivity index (χ1) is 12.4. The third-order valence-electron chi connectivity index (χ3n) is 3.89. The molecule has 0 fully saturated rings. The summed E-state index contributed by atoms with van der Waals surface area (Å²) in [6.07, 6.45) is 0. The molecular formula is C20H24N2O4. The first-order valence-corrected chi connectivity index (χ1v) is 8.34. The monoisotopic (exact) mass is 356 g/mol. The minimum absolute atomic E-state index is 0.0878. The maximum atomic E-state index is 12.7. The van der Waals surface area contributed by atoms with E-state index in [0.717, 1.165) is 0 Å². The second kappa shape index (κ2) is 8.89. The number of hydrogen-bond donors (Lipinski definition) is 2. The molecule has 2 amide bonds. The number of amides is 2. The molecule has 2 aromatic carbocycles. The highest BCUT2D eigenvalue weighted by molar-refractivity contribution is 6.01. The predicted octanol–water partition coefficient (Wildman–Crippen LogP) is 3.10. The Labute approximate surface area is 153 Å². The van der Waals surface area contributed by atoms with Crippen molar-refractivity contribution in [2.24, 2.45) is 5.92 Å². The van der Waals surface area contributed by atoms with Gasteiger partial charge in [-0.2, -0.15) is 0 Å². The third kappa shape index (κ3) is 4.99. The quantitative estimate of drug-likeness (QED) is 0.799. The smallest absolute Gasteiger partial charge is 0.252 e. The lowest BCUT2D eigenvalue weighted by Gasteiger charge is -2.22. The molecule has 0 spiro atoms. The molecule has 2 rings (SSSR count). The maximum Gasteiger partial charge on any atom is 0.252 e. The van der Waals surface area contributed by atoms with Crippen molar-refractivity contribution in [1.82, 2.24) is 5.32 Å². The van der Waals surface area contributed by atoms with E-state index in [9.17, 15) is 9.59 Å². The van der Waals surface area contributed by atoms with Gasteiger partial charge in [-0.3, -0.25) is 9.59 Å². The van der Waals surface area contributed by atoms with Crippen LogP contribution in [0.2, 0.25) is 0 Å². The zero-order valence-electron chi connectivity index (χ0n) is 15.4. The normalized spacial score (nSPS) is 11.6. The van der Waals surface area contributed by atoms with Crippen LogP contribution < -0.4 is 20.1 Å². The number of benzene rings is 2. The fourth-order valence-corrected chi connectivity index (χ4v) is 2.44. The van der Waals surface area contributed by atoms with Gasteiger partial charge in [0.15, 0.2) is 0 Å². The molecule has 0 aliphatic carbocycles. The molecule has 0 aliphatic rings. The van der Waals surface area contributed by atoms with E-state index in [-0.39, 0.29) is 17.7 Å². The number of hydrogen-bond acceptors (Lipinski definition) is 4. The molecule has 1 unspecified atom stereocenters. The van der Waals surface area contributed by atoms with Crippen LogP contribution in [0.3, 0.4) is 0 Å². The minimum Gasteiger partial charge on any atom is -0.497 e. The van der Waals surface area contributed by atoms with E-state index in [0.29, 0.717) is 22.7 Å². The highest BCUT2D eigenvalue weighted by Gasteiger charge is 2.25. The summed E-state index contributed by atoms with van der Waals surface area (Å²) in [5, 5.41) is 5.62. The van der Waals surface area contributed by atoms with Gasteiger partial charge in [0.05, 0.1) is 14.2 Å². The summed E-state index contributed by atoms with van der Waals surface area (Å²) in [6.45, 7) is 3.75. The van der Waals surface area contributed by atoms with Crippen LogP contribution in [0.25, 0.3) is 0 Å². The molecule has 1 atom stereocenters. The van der Waals surface area contributed by atoms with Crippen molar-refractivity contribution < 1.29 is 19.1 Å². The van der Waals surface area contributed by atoms with Gasteiger partial charge >= 0.3 is 0 Å². The van der Waals surface area contributed by atoms with Crippen LogP contribution in [0.4, 0.5) is 5.69 Å². The topological polar surface area (TPSA) is 76.7 Å². The number of carbonyl (C=O) groups is 2. The van der Waals surface area contributed by atoms with E-state index in [1.165, 1.54) is 14.2 Å². The maximum absolute atomic E-state index is 12.7. The van der Waals surface area contributed by atoms with E-state index in [2.05, 4.69) is 10.6 Å². The van der Waals surface area contributed by atoms with Crippen LogP contribution >= 0.6 is 0 Å². The molecule has 0 heterocycles. The zero-order valence-corrected chi connectivity index (χ0v) is 15.4. The van der Waals surface area contributed by atoms with Gasteiger partial charge in [-0.15, -0.1) is 0 Å². The average molecular weight is 356 g/mol. The van der Waals surface area contributed by atoms with Crippen LogP contribution in [-0.4, -0.2) is 32.1 Å². The second-order valence-electron chi connectivity index (χ2n) is 6.15. The molecular weight excluding hydrogens is 332 g/mol. The van der Waals surface area contributed by atoms with Crippen molar-refractivity contribution in [3.8, 4) is 11.5 Å². The molecule has 2 aromatic rings. The predicted molar refractivity (Wildman–Crippen MR) is 101 cm³/mol. The van der Waals surface area contributed by atoms with Crippen molar-refractivity contribution in [2.75, 3.05) is 19.5 Å². The van der Waals surface area contributed by atoms with Gasteiger partial charge in [0.25, 0.3) is 5.91 Å². The van der Waals surface area contributed by atoms with Gasteiger partial charge in [-0.25, -0.2) is 0 Å². The van der Waals surface area contributed by atoms with Crippen molar-refractivity contribution in [1.29, 1.82) is 0 Å². The Bertz CT molecular complexity index is 737. The average Bonchev–Trinajstić information content (AvgIpc) is 2.65. The van der Waals surface area contributed by atoms with Crippen molar-refractivity contribution in [3.05, 3.63) is 54.1 Å². The molecule has 0 aliphatic heterocycles. The highest BCUT2D eigenvalue weighted by atomic mass is 16.5.